The molecule has 0 aromatic rings. The molecule has 0 N–H and O–H groups in total. The SMILES string of the molecule is C=CCS(=O)(=O)C(C#N)C#N.[K+]. The van der Waals surface area contributed by atoms with Crippen molar-refractivity contribution >= 4 is 9.84 Å². The van der Waals surface area contributed by atoms with Crippen molar-refractivity contribution in [3.63, 3.8) is 0 Å². The quantitative estimate of drug-likeness (QED) is 0.366. The summed E-state index contributed by atoms with van der Waals surface area (Å²) in [7, 11) is -3.61. The van der Waals surface area contributed by atoms with Crippen LogP contribution in [0.4, 0.5) is 0 Å². The van der Waals surface area contributed by atoms with Crippen molar-refractivity contribution in [2.24, 2.45) is 0 Å². The second-order valence-corrected chi connectivity index (χ2v) is 3.89. The molecule has 0 aliphatic rings. The summed E-state index contributed by atoms with van der Waals surface area (Å²) in [6.45, 7) is 3.20. The van der Waals surface area contributed by atoms with Crippen molar-refractivity contribution in [1.29, 1.82) is 10.5 Å². The van der Waals surface area contributed by atoms with Crippen LogP contribution in [-0.2, 0) is 9.84 Å². The fourth-order valence-corrected chi connectivity index (χ4v) is 1.29. The van der Waals surface area contributed by atoms with Gasteiger partial charge in [0, 0.05) is 0 Å². The summed E-state index contributed by atoms with van der Waals surface area (Å²) in [5.74, 6) is -0.335. The van der Waals surface area contributed by atoms with Gasteiger partial charge in [-0.2, -0.15) is 10.5 Å². The molecule has 12 heavy (non-hydrogen) atoms. The minimum Gasteiger partial charge on any atom is -0.226 e. The molecule has 0 fully saturated rings. The molecule has 0 saturated heterocycles. The first-order valence-corrected chi connectivity index (χ1v) is 4.41. The molecule has 0 aromatic heterocycles. The molecule has 0 aromatic carbocycles. The first-order chi connectivity index (χ1) is 5.08. The summed E-state index contributed by atoms with van der Waals surface area (Å²) in [5, 5.41) is 14.8. The van der Waals surface area contributed by atoms with Crippen molar-refractivity contribution in [3.05, 3.63) is 12.7 Å². The summed E-state index contributed by atoms with van der Waals surface area (Å²) in [6, 6.07) is 2.76. The van der Waals surface area contributed by atoms with Gasteiger partial charge in [-0.3, -0.25) is 0 Å². The fourth-order valence-electron chi connectivity index (χ4n) is 0.450. The molecular formula is C6H6KN2O2S+. The van der Waals surface area contributed by atoms with Gasteiger partial charge in [0.15, 0.2) is 9.84 Å². The van der Waals surface area contributed by atoms with Crippen LogP contribution in [0.25, 0.3) is 0 Å². The van der Waals surface area contributed by atoms with E-state index in [0.29, 0.717) is 0 Å². The molecule has 0 amide bonds. The third-order valence-electron chi connectivity index (χ3n) is 0.944. The standard InChI is InChI=1S/C6H6N2O2S.K/c1-2-3-11(9,10)6(4-7)5-8;/h2,6H,1,3H2;/q;+1. The largest absolute Gasteiger partial charge is 1.00 e. The molecule has 0 bridgehead atoms. The molecule has 0 aliphatic carbocycles. The van der Waals surface area contributed by atoms with Crippen LogP contribution in [0.1, 0.15) is 0 Å². The molecule has 0 unspecified atom stereocenters. The van der Waals surface area contributed by atoms with E-state index >= 15 is 0 Å². The minimum atomic E-state index is -3.61. The minimum absolute atomic E-state index is 0. The van der Waals surface area contributed by atoms with Gasteiger partial charge in [0.1, 0.15) is 0 Å². The van der Waals surface area contributed by atoms with E-state index in [2.05, 4.69) is 6.58 Å². The van der Waals surface area contributed by atoms with Crippen LogP contribution < -0.4 is 51.4 Å². The molecule has 0 aliphatic heterocycles. The summed E-state index contributed by atoms with van der Waals surface area (Å²) < 4.78 is 21.8. The molecule has 0 spiro atoms. The first kappa shape index (κ1) is 14.8. The Kier molecular flexibility index (Phi) is 8.37. The third-order valence-corrected chi connectivity index (χ3v) is 2.57. The van der Waals surface area contributed by atoms with E-state index < -0.39 is 15.1 Å². The van der Waals surface area contributed by atoms with E-state index in [0.717, 1.165) is 6.08 Å². The Labute approximate surface area is 114 Å². The summed E-state index contributed by atoms with van der Waals surface area (Å²) in [4.78, 5) is 0. The van der Waals surface area contributed by atoms with Crippen molar-refractivity contribution in [2.45, 2.75) is 5.25 Å². The zero-order chi connectivity index (χ0) is 8.91. The zero-order valence-corrected chi connectivity index (χ0v) is 10.6. The van der Waals surface area contributed by atoms with Crippen LogP contribution in [-0.4, -0.2) is 19.4 Å². The molecule has 58 valence electrons. The Morgan fingerprint density at radius 3 is 2.08 bits per heavy atom. The van der Waals surface area contributed by atoms with Gasteiger partial charge in [-0.25, -0.2) is 8.42 Å². The fraction of sp³-hybridized carbons (Fsp3) is 0.333. The van der Waals surface area contributed by atoms with E-state index in [-0.39, 0.29) is 57.1 Å². The van der Waals surface area contributed by atoms with E-state index in [1.165, 1.54) is 12.1 Å². The van der Waals surface area contributed by atoms with Gasteiger partial charge in [0.25, 0.3) is 0 Å². The molecular weight excluding hydrogens is 203 g/mol. The Bertz CT molecular complexity index is 308. The molecule has 0 rings (SSSR count). The first-order valence-electron chi connectivity index (χ1n) is 2.70. The zero-order valence-electron chi connectivity index (χ0n) is 6.69. The normalized spacial score (nSPS) is 9.25. The predicted molar refractivity (Wildman–Crippen MR) is 39.0 cm³/mol. The van der Waals surface area contributed by atoms with Gasteiger partial charge < -0.3 is 0 Å². The number of nitriles is 2. The van der Waals surface area contributed by atoms with Gasteiger partial charge in [-0.15, -0.1) is 6.58 Å². The number of hydrogen-bond acceptors (Lipinski definition) is 4. The number of hydrogen-bond donors (Lipinski definition) is 0. The average molecular weight is 209 g/mol. The van der Waals surface area contributed by atoms with Crippen LogP contribution in [0.15, 0.2) is 12.7 Å². The van der Waals surface area contributed by atoms with Crippen molar-refractivity contribution in [3.8, 4) is 12.1 Å². The Balaban J connectivity index is 0. The predicted octanol–water partition coefficient (Wildman–Crippen LogP) is -2.99. The number of nitrogens with zero attached hydrogens (tertiary/aromatic N) is 2. The van der Waals surface area contributed by atoms with Crippen molar-refractivity contribution in [2.75, 3.05) is 5.75 Å². The maximum absolute atomic E-state index is 10.9. The average Bonchev–Trinajstić information content (AvgIpc) is 1.89. The molecule has 0 heterocycles. The van der Waals surface area contributed by atoms with Gasteiger partial charge in [-0.1, -0.05) is 6.08 Å². The Morgan fingerprint density at radius 2 is 1.83 bits per heavy atom. The smallest absolute Gasteiger partial charge is 0.226 e. The van der Waals surface area contributed by atoms with Gasteiger partial charge in [0.05, 0.1) is 17.9 Å². The molecule has 0 saturated carbocycles. The second kappa shape index (κ2) is 6.78. The summed E-state index contributed by atoms with van der Waals surface area (Å²) in [5.41, 5.74) is 0. The van der Waals surface area contributed by atoms with Gasteiger partial charge in [0.2, 0.25) is 5.25 Å². The van der Waals surface area contributed by atoms with E-state index in [4.69, 9.17) is 10.5 Å². The molecule has 0 atom stereocenters. The summed E-state index contributed by atoms with van der Waals surface area (Å²) in [6.07, 6.45) is 1.15. The van der Waals surface area contributed by atoms with Crippen LogP contribution in [0.2, 0.25) is 0 Å². The van der Waals surface area contributed by atoms with Gasteiger partial charge in [-0.05, 0) is 0 Å². The molecule has 6 heteroatoms. The monoisotopic (exact) mass is 209 g/mol. The van der Waals surface area contributed by atoms with Crippen LogP contribution >= 0.6 is 0 Å². The maximum Gasteiger partial charge on any atom is 1.00 e. The topological polar surface area (TPSA) is 81.7 Å². The van der Waals surface area contributed by atoms with Crippen LogP contribution in [0.5, 0.6) is 0 Å². The van der Waals surface area contributed by atoms with Crippen molar-refractivity contribution in [1.82, 2.24) is 0 Å². The Hall–Kier alpha value is 0.306. The number of rotatable bonds is 3. The van der Waals surface area contributed by atoms with Gasteiger partial charge >= 0.3 is 51.4 Å². The van der Waals surface area contributed by atoms with E-state index in [1.54, 1.807) is 0 Å². The van der Waals surface area contributed by atoms with Crippen molar-refractivity contribution < 1.29 is 59.8 Å². The molecule has 0 radical (unpaired) electrons. The third kappa shape index (κ3) is 4.36. The molecule has 4 nitrogen and oxygen atoms in total. The second-order valence-electron chi connectivity index (χ2n) is 1.76. The van der Waals surface area contributed by atoms with E-state index in [9.17, 15) is 8.42 Å². The maximum atomic E-state index is 10.9. The van der Waals surface area contributed by atoms with Crippen LogP contribution in [0.3, 0.4) is 0 Å². The number of sulfone groups is 1. The summed E-state index contributed by atoms with van der Waals surface area (Å²) >= 11 is 0. The van der Waals surface area contributed by atoms with E-state index in [1.807, 2.05) is 0 Å². The Morgan fingerprint density at radius 1 is 1.42 bits per heavy atom. The van der Waals surface area contributed by atoms with Crippen LogP contribution in [0, 0.1) is 22.7 Å².